The number of nitrogens with zero attached hydrogens (tertiary/aromatic N) is 2. The van der Waals surface area contributed by atoms with Crippen LogP contribution in [0.5, 0.6) is 0 Å². The molecule has 4 heteroatoms. The van der Waals surface area contributed by atoms with E-state index in [1.807, 2.05) is 0 Å². The average molecular weight is 197 g/mol. The molecule has 0 saturated heterocycles. The summed E-state index contributed by atoms with van der Waals surface area (Å²) >= 11 is 1.70. The molecule has 0 atom stereocenters. The standard InChI is InChI=1S/C9H15N3S/c1-9(2,3)10-8-12-11-7(13-8)6-4-5-6/h6H,4-5H2,1-3H3,(H,10,12). The largest absolute Gasteiger partial charge is 0.355 e. The zero-order valence-corrected chi connectivity index (χ0v) is 9.11. The van der Waals surface area contributed by atoms with E-state index in [9.17, 15) is 0 Å². The maximum Gasteiger partial charge on any atom is 0.206 e. The molecule has 72 valence electrons. The Kier molecular flexibility index (Phi) is 2.02. The minimum absolute atomic E-state index is 0.0837. The first-order chi connectivity index (χ1) is 6.04. The van der Waals surface area contributed by atoms with Crippen molar-refractivity contribution < 1.29 is 0 Å². The van der Waals surface area contributed by atoms with Gasteiger partial charge in [-0.1, -0.05) is 11.3 Å². The van der Waals surface area contributed by atoms with Crippen LogP contribution < -0.4 is 5.32 Å². The zero-order valence-electron chi connectivity index (χ0n) is 8.29. The smallest absolute Gasteiger partial charge is 0.206 e. The molecular formula is C9H15N3S. The lowest BCUT2D eigenvalue weighted by Gasteiger charge is -2.18. The fourth-order valence-corrected chi connectivity index (χ4v) is 2.22. The molecule has 1 saturated carbocycles. The normalized spacial score (nSPS) is 17.5. The highest BCUT2D eigenvalue weighted by Crippen LogP contribution is 2.42. The van der Waals surface area contributed by atoms with E-state index >= 15 is 0 Å². The Morgan fingerprint density at radius 1 is 1.31 bits per heavy atom. The van der Waals surface area contributed by atoms with Crippen molar-refractivity contribution in [2.45, 2.75) is 45.1 Å². The first kappa shape index (κ1) is 8.94. The van der Waals surface area contributed by atoms with E-state index in [0.29, 0.717) is 5.92 Å². The lowest BCUT2D eigenvalue weighted by molar-refractivity contribution is 0.631. The molecule has 1 aromatic heterocycles. The summed E-state index contributed by atoms with van der Waals surface area (Å²) in [6.07, 6.45) is 2.59. The summed E-state index contributed by atoms with van der Waals surface area (Å²) in [7, 11) is 0. The summed E-state index contributed by atoms with van der Waals surface area (Å²) in [5.74, 6) is 0.716. The Hall–Kier alpha value is -0.640. The summed E-state index contributed by atoms with van der Waals surface area (Å²) < 4.78 is 0. The van der Waals surface area contributed by atoms with Crippen molar-refractivity contribution in [3.05, 3.63) is 5.01 Å². The van der Waals surface area contributed by atoms with Crippen molar-refractivity contribution in [2.24, 2.45) is 0 Å². The van der Waals surface area contributed by atoms with Crippen LogP contribution in [0.25, 0.3) is 0 Å². The number of anilines is 1. The molecule has 0 radical (unpaired) electrons. The minimum atomic E-state index is 0.0837. The van der Waals surface area contributed by atoms with E-state index < -0.39 is 0 Å². The van der Waals surface area contributed by atoms with Gasteiger partial charge in [-0.25, -0.2) is 0 Å². The number of nitrogens with one attached hydrogen (secondary N) is 1. The number of hydrogen-bond acceptors (Lipinski definition) is 4. The van der Waals surface area contributed by atoms with Crippen molar-refractivity contribution in [1.29, 1.82) is 0 Å². The van der Waals surface area contributed by atoms with Crippen molar-refractivity contribution in [2.75, 3.05) is 5.32 Å². The molecular weight excluding hydrogens is 182 g/mol. The molecule has 3 nitrogen and oxygen atoms in total. The van der Waals surface area contributed by atoms with Crippen LogP contribution in [-0.4, -0.2) is 15.7 Å². The Morgan fingerprint density at radius 2 is 2.00 bits per heavy atom. The second kappa shape index (κ2) is 2.94. The highest BCUT2D eigenvalue weighted by atomic mass is 32.1. The molecule has 0 aliphatic heterocycles. The van der Waals surface area contributed by atoms with Gasteiger partial charge in [0.2, 0.25) is 5.13 Å². The van der Waals surface area contributed by atoms with Gasteiger partial charge in [0.25, 0.3) is 0 Å². The molecule has 0 aromatic carbocycles. The van der Waals surface area contributed by atoms with Crippen LogP contribution in [0.4, 0.5) is 5.13 Å². The first-order valence-corrected chi connectivity index (χ1v) is 5.48. The van der Waals surface area contributed by atoms with Crippen LogP contribution >= 0.6 is 11.3 Å². The Bertz CT molecular complexity index is 296. The fraction of sp³-hybridized carbons (Fsp3) is 0.778. The van der Waals surface area contributed by atoms with E-state index in [4.69, 9.17) is 0 Å². The number of rotatable bonds is 2. The molecule has 1 heterocycles. The summed E-state index contributed by atoms with van der Waals surface area (Å²) in [6.45, 7) is 6.39. The summed E-state index contributed by atoms with van der Waals surface area (Å²) in [5, 5.41) is 13.8. The van der Waals surface area contributed by atoms with Crippen molar-refractivity contribution in [3.63, 3.8) is 0 Å². The van der Waals surface area contributed by atoms with Gasteiger partial charge in [-0.15, -0.1) is 10.2 Å². The number of aromatic nitrogens is 2. The summed E-state index contributed by atoms with van der Waals surface area (Å²) in [6, 6.07) is 0. The molecule has 0 unspecified atom stereocenters. The van der Waals surface area contributed by atoms with E-state index in [-0.39, 0.29) is 5.54 Å². The van der Waals surface area contributed by atoms with Gasteiger partial charge < -0.3 is 5.32 Å². The SMILES string of the molecule is CC(C)(C)Nc1nnc(C2CC2)s1. The molecule has 0 amide bonds. The van der Waals surface area contributed by atoms with Gasteiger partial charge in [0.15, 0.2) is 0 Å². The predicted molar refractivity (Wildman–Crippen MR) is 55.3 cm³/mol. The van der Waals surface area contributed by atoms with Crippen LogP contribution in [0.3, 0.4) is 0 Å². The van der Waals surface area contributed by atoms with Crippen molar-refractivity contribution in [1.82, 2.24) is 10.2 Å². The van der Waals surface area contributed by atoms with Gasteiger partial charge in [-0.2, -0.15) is 0 Å². The van der Waals surface area contributed by atoms with E-state index in [0.717, 1.165) is 5.13 Å². The molecule has 0 bridgehead atoms. The maximum atomic E-state index is 4.17. The molecule has 13 heavy (non-hydrogen) atoms. The highest BCUT2D eigenvalue weighted by molar-refractivity contribution is 7.15. The first-order valence-electron chi connectivity index (χ1n) is 4.66. The highest BCUT2D eigenvalue weighted by Gasteiger charge is 2.27. The molecule has 1 aliphatic carbocycles. The van der Waals surface area contributed by atoms with Crippen LogP contribution in [0, 0.1) is 0 Å². The molecule has 1 aromatic rings. The fourth-order valence-electron chi connectivity index (χ4n) is 1.10. The third-order valence-electron chi connectivity index (χ3n) is 1.85. The lowest BCUT2D eigenvalue weighted by atomic mass is 10.1. The lowest BCUT2D eigenvalue weighted by Crippen LogP contribution is -2.25. The van der Waals surface area contributed by atoms with Crippen LogP contribution in [-0.2, 0) is 0 Å². The van der Waals surface area contributed by atoms with Gasteiger partial charge >= 0.3 is 0 Å². The summed E-state index contributed by atoms with van der Waals surface area (Å²) in [4.78, 5) is 0. The number of hydrogen-bond donors (Lipinski definition) is 1. The van der Waals surface area contributed by atoms with Crippen molar-refractivity contribution >= 4 is 16.5 Å². The van der Waals surface area contributed by atoms with Gasteiger partial charge in [0.05, 0.1) is 0 Å². The third-order valence-corrected chi connectivity index (χ3v) is 2.85. The van der Waals surface area contributed by atoms with Crippen LogP contribution in [0.2, 0.25) is 0 Å². The topological polar surface area (TPSA) is 37.8 Å². The van der Waals surface area contributed by atoms with Gasteiger partial charge in [-0.05, 0) is 33.6 Å². The molecule has 2 rings (SSSR count). The maximum absolute atomic E-state index is 4.17. The van der Waals surface area contributed by atoms with E-state index in [1.165, 1.54) is 17.8 Å². The zero-order chi connectivity index (χ0) is 9.47. The van der Waals surface area contributed by atoms with E-state index in [2.05, 4.69) is 36.3 Å². The molecule has 1 N–H and O–H groups in total. The average Bonchev–Trinajstić information content (AvgIpc) is 2.72. The second-order valence-electron chi connectivity index (χ2n) is 4.59. The van der Waals surface area contributed by atoms with Gasteiger partial charge in [0, 0.05) is 11.5 Å². The van der Waals surface area contributed by atoms with E-state index in [1.54, 1.807) is 11.3 Å². The molecule has 1 aliphatic rings. The Morgan fingerprint density at radius 3 is 2.54 bits per heavy atom. The quantitative estimate of drug-likeness (QED) is 0.792. The van der Waals surface area contributed by atoms with Crippen LogP contribution in [0.15, 0.2) is 0 Å². The van der Waals surface area contributed by atoms with Gasteiger partial charge in [0.1, 0.15) is 5.01 Å². The molecule has 1 fully saturated rings. The Balaban J connectivity index is 2.04. The van der Waals surface area contributed by atoms with Crippen LogP contribution in [0.1, 0.15) is 44.5 Å². The Labute approximate surface area is 82.6 Å². The van der Waals surface area contributed by atoms with Crippen molar-refractivity contribution in [3.8, 4) is 0 Å². The monoisotopic (exact) mass is 197 g/mol. The second-order valence-corrected chi connectivity index (χ2v) is 5.60. The van der Waals surface area contributed by atoms with Gasteiger partial charge in [-0.3, -0.25) is 0 Å². The minimum Gasteiger partial charge on any atom is -0.355 e. The molecule has 0 spiro atoms. The summed E-state index contributed by atoms with van der Waals surface area (Å²) in [5.41, 5.74) is 0.0837. The predicted octanol–water partition coefficient (Wildman–Crippen LogP) is 2.63. The third kappa shape index (κ3) is 2.40.